The van der Waals surface area contributed by atoms with Gasteiger partial charge < -0.3 is 19.8 Å². The summed E-state index contributed by atoms with van der Waals surface area (Å²) >= 11 is 0. The van der Waals surface area contributed by atoms with E-state index in [0.29, 0.717) is 24.4 Å². The molecule has 0 aliphatic rings. The molecular weight excluding hydrogens is 248 g/mol. The van der Waals surface area contributed by atoms with Gasteiger partial charge in [-0.2, -0.15) is 0 Å². The Morgan fingerprint density at radius 2 is 2.11 bits per heavy atom. The molecule has 0 spiro atoms. The molecule has 0 bridgehead atoms. The van der Waals surface area contributed by atoms with E-state index in [-0.39, 0.29) is 5.91 Å². The number of carbonyl (C=O) groups excluding carboxylic acids is 2. The van der Waals surface area contributed by atoms with E-state index < -0.39 is 11.4 Å². The Morgan fingerprint density at radius 1 is 1.42 bits per heavy atom. The van der Waals surface area contributed by atoms with E-state index in [1.807, 2.05) is 13.8 Å². The number of amides is 1. The van der Waals surface area contributed by atoms with Crippen LogP contribution in [0.15, 0.2) is 16.7 Å². The van der Waals surface area contributed by atoms with Crippen LogP contribution in [0.25, 0.3) is 0 Å². The fraction of sp³-hybridized carbons (Fsp3) is 0.538. The molecule has 6 nitrogen and oxygen atoms in total. The number of methoxy groups -OCH3 is 1. The summed E-state index contributed by atoms with van der Waals surface area (Å²) < 4.78 is 9.81. The zero-order valence-electron chi connectivity index (χ0n) is 11.7. The van der Waals surface area contributed by atoms with Crippen molar-refractivity contribution in [2.24, 2.45) is 5.41 Å². The SMILES string of the molecule is CNC(=O)C(C)(C)CNCc1cc(C(=O)OC)co1. The number of esters is 1. The zero-order chi connectivity index (χ0) is 14.5. The normalized spacial score (nSPS) is 11.2. The smallest absolute Gasteiger partial charge is 0.341 e. The van der Waals surface area contributed by atoms with Gasteiger partial charge in [-0.05, 0) is 19.9 Å². The molecule has 0 aliphatic heterocycles. The summed E-state index contributed by atoms with van der Waals surface area (Å²) in [7, 11) is 2.93. The van der Waals surface area contributed by atoms with Gasteiger partial charge in [0.2, 0.25) is 5.91 Å². The maximum absolute atomic E-state index is 11.6. The largest absolute Gasteiger partial charge is 0.467 e. The van der Waals surface area contributed by atoms with Crippen molar-refractivity contribution in [2.45, 2.75) is 20.4 Å². The third-order valence-electron chi connectivity index (χ3n) is 2.78. The fourth-order valence-electron chi connectivity index (χ4n) is 1.62. The van der Waals surface area contributed by atoms with Crippen molar-refractivity contribution in [3.05, 3.63) is 23.7 Å². The quantitative estimate of drug-likeness (QED) is 0.750. The second-order valence-corrected chi connectivity index (χ2v) is 4.86. The zero-order valence-corrected chi connectivity index (χ0v) is 11.7. The van der Waals surface area contributed by atoms with Crippen molar-refractivity contribution in [1.82, 2.24) is 10.6 Å². The van der Waals surface area contributed by atoms with Crippen LogP contribution < -0.4 is 10.6 Å². The number of nitrogens with one attached hydrogen (secondary N) is 2. The molecule has 1 aromatic rings. The second kappa shape index (κ2) is 6.38. The van der Waals surface area contributed by atoms with Crippen LogP contribution in [0.1, 0.15) is 30.0 Å². The Morgan fingerprint density at radius 3 is 2.68 bits per heavy atom. The van der Waals surface area contributed by atoms with Gasteiger partial charge in [0.25, 0.3) is 0 Å². The highest BCUT2D eigenvalue weighted by Crippen LogP contribution is 2.14. The molecule has 106 valence electrons. The molecule has 1 heterocycles. The van der Waals surface area contributed by atoms with Gasteiger partial charge in [-0.15, -0.1) is 0 Å². The topological polar surface area (TPSA) is 80.6 Å². The molecule has 19 heavy (non-hydrogen) atoms. The van der Waals surface area contributed by atoms with E-state index in [4.69, 9.17) is 4.42 Å². The number of hydrogen-bond donors (Lipinski definition) is 2. The van der Waals surface area contributed by atoms with Crippen LogP contribution in [0.3, 0.4) is 0 Å². The highest BCUT2D eigenvalue weighted by Gasteiger charge is 2.25. The summed E-state index contributed by atoms with van der Waals surface area (Å²) in [6, 6.07) is 1.62. The Kier molecular flexibility index (Phi) is 5.11. The van der Waals surface area contributed by atoms with E-state index in [0.717, 1.165) is 0 Å². The molecule has 6 heteroatoms. The summed E-state index contributed by atoms with van der Waals surface area (Å²) in [5.41, 5.74) is -0.128. The third kappa shape index (κ3) is 4.10. The van der Waals surface area contributed by atoms with E-state index >= 15 is 0 Å². The minimum absolute atomic E-state index is 0.0327. The summed E-state index contributed by atoms with van der Waals surface area (Å²) in [4.78, 5) is 22.8. The predicted molar refractivity (Wildman–Crippen MR) is 69.6 cm³/mol. The number of ether oxygens (including phenoxy) is 1. The van der Waals surface area contributed by atoms with Crippen molar-refractivity contribution in [1.29, 1.82) is 0 Å². The average Bonchev–Trinajstić information content (AvgIpc) is 2.85. The van der Waals surface area contributed by atoms with Gasteiger partial charge in [-0.1, -0.05) is 0 Å². The molecule has 1 rings (SSSR count). The minimum atomic E-state index is -0.507. The fourth-order valence-corrected chi connectivity index (χ4v) is 1.62. The molecule has 0 saturated carbocycles. The lowest BCUT2D eigenvalue weighted by Crippen LogP contribution is -2.41. The summed E-state index contributed by atoms with van der Waals surface area (Å²) in [6.07, 6.45) is 1.35. The molecule has 0 saturated heterocycles. The number of rotatable bonds is 6. The average molecular weight is 268 g/mol. The molecule has 0 fully saturated rings. The van der Waals surface area contributed by atoms with E-state index in [1.165, 1.54) is 13.4 Å². The Labute approximate surface area is 112 Å². The van der Waals surface area contributed by atoms with E-state index in [1.54, 1.807) is 13.1 Å². The standard InChI is InChI=1S/C13H20N2O4/c1-13(2,12(17)14-3)8-15-6-10-5-9(7-19-10)11(16)18-4/h5,7,15H,6,8H2,1-4H3,(H,14,17). The number of furan rings is 1. The molecule has 1 aromatic heterocycles. The Hall–Kier alpha value is -1.82. The maximum Gasteiger partial charge on any atom is 0.341 e. The maximum atomic E-state index is 11.6. The van der Waals surface area contributed by atoms with Gasteiger partial charge in [0.15, 0.2) is 0 Å². The van der Waals surface area contributed by atoms with Crippen LogP contribution in [-0.2, 0) is 16.1 Å². The molecule has 0 atom stereocenters. The summed E-state index contributed by atoms with van der Waals surface area (Å²) in [5, 5.41) is 5.74. The van der Waals surface area contributed by atoms with E-state index in [2.05, 4.69) is 15.4 Å². The van der Waals surface area contributed by atoms with Gasteiger partial charge in [0.05, 0.1) is 24.6 Å². The van der Waals surface area contributed by atoms with Crippen molar-refractivity contribution in [2.75, 3.05) is 20.7 Å². The van der Waals surface area contributed by atoms with Crippen LogP contribution in [0, 0.1) is 5.41 Å². The van der Waals surface area contributed by atoms with Crippen LogP contribution in [-0.4, -0.2) is 32.6 Å². The van der Waals surface area contributed by atoms with Crippen molar-refractivity contribution < 1.29 is 18.7 Å². The molecule has 1 amide bonds. The lowest BCUT2D eigenvalue weighted by molar-refractivity contribution is -0.128. The molecule has 0 unspecified atom stereocenters. The van der Waals surface area contributed by atoms with Crippen LogP contribution in [0.5, 0.6) is 0 Å². The van der Waals surface area contributed by atoms with Crippen LogP contribution in [0.2, 0.25) is 0 Å². The van der Waals surface area contributed by atoms with Gasteiger partial charge in [0, 0.05) is 13.6 Å². The molecule has 0 radical (unpaired) electrons. The van der Waals surface area contributed by atoms with E-state index in [9.17, 15) is 9.59 Å². The van der Waals surface area contributed by atoms with Crippen molar-refractivity contribution in [3.63, 3.8) is 0 Å². The van der Waals surface area contributed by atoms with Gasteiger partial charge in [-0.25, -0.2) is 4.79 Å². The summed E-state index contributed by atoms with van der Waals surface area (Å²) in [6.45, 7) is 4.64. The monoisotopic (exact) mass is 268 g/mol. The lowest BCUT2D eigenvalue weighted by Gasteiger charge is -2.22. The first kappa shape index (κ1) is 15.2. The minimum Gasteiger partial charge on any atom is -0.467 e. The van der Waals surface area contributed by atoms with Crippen LogP contribution >= 0.6 is 0 Å². The van der Waals surface area contributed by atoms with Gasteiger partial charge >= 0.3 is 5.97 Å². The highest BCUT2D eigenvalue weighted by atomic mass is 16.5. The lowest BCUT2D eigenvalue weighted by atomic mass is 9.92. The van der Waals surface area contributed by atoms with Crippen LogP contribution in [0.4, 0.5) is 0 Å². The Bertz CT molecular complexity index is 451. The van der Waals surface area contributed by atoms with Gasteiger partial charge in [-0.3, -0.25) is 4.79 Å². The first-order chi connectivity index (χ1) is 8.90. The predicted octanol–water partition coefficient (Wildman–Crippen LogP) is 0.928. The number of carbonyl (C=O) groups is 2. The second-order valence-electron chi connectivity index (χ2n) is 4.86. The number of hydrogen-bond acceptors (Lipinski definition) is 5. The third-order valence-corrected chi connectivity index (χ3v) is 2.78. The molecule has 2 N–H and O–H groups in total. The first-order valence-corrected chi connectivity index (χ1v) is 5.99. The first-order valence-electron chi connectivity index (χ1n) is 5.99. The van der Waals surface area contributed by atoms with Crippen molar-refractivity contribution >= 4 is 11.9 Å². The molecule has 0 aromatic carbocycles. The Balaban J connectivity index is 2.47. The van der Waals surface area contributed by atoms with Crippen molar-refractivity contribution in [3.8, 4) is 0 Å². The summed E-state index contributed by atoms with van der Waals surface area (Å²) in [5.74, 6) is 0.156. The highest BCUT2D eigenvalue weighted by molar-refractivity contribution is 5.88. The molecular formula is C13H20N2O4. The van der Waals surface area contributed by atoms with Gasteiger partial charge in [0.1, 0.15) is 12.0 Å². The molecule has 0 aliphatic carbocycles.